The number of pyridine rings is 1. The number of hydrogen-bond donors (Lipinski definition) is 1. The van der Waals surface area contributed by atoms with Crippen molar-refractivity contribution in [3.63, 3.8) is 0 Å². The Morgan fingerprint density at radius 2 is 1.83 bits per heavy atom. The van der Waals surface area contributed by atoms with Gasteiger partial charge in [0.1, 0.15) is 17.2 Å². The van der Waals surface area contributed by atoms with Crippen molar-refractivity contribution in [2.24, 2.45) is 0 Å². The van der Waals surface area contributed by atoms with Crippen molar-refractivity contribution in [3.05, 3.63) is 66.0 Å². The zero-order chi connectivity index (χ0) is 15.8. The fourth-order valence-corrected chi connectivity index (χ4v) is 2.91. The Bertz CT molecular complexity index is 1060. The molecule has 3 heteroatoms. The molecule has 4 aromatic rings. The molecule has 0 aliphatic carbocycles. The first-order valence-electron chi connectivity index (χ1n) is 7.37. The maximum Gasteiger partial charge on any atom is 0.137 e. The Morgan fingerprint density at radius 1 is 1.00 bits per heavy atom. The molecule has 0 atom stereocenters. The summed E-state index contributed by atoms with van der Waals surface area (Å²) in [6, 6.07) is 15.7. The van der Waals surface area contributed by atoms with Crippen LogP contribution in [0.2, 0.25) is 0 Å². The number of hydrogen-bond acceptors (Lipinski definition) is 2. The summed E-state index contributed by atoms with van der Waals surface area (Å²) in [6.07, 6.45) is 7.34. The van der Waals surface area contributed by atoms with Crippen molar-refractivity contribution in [2.45, 2.75) is 6.92 Å². The molecule has 2 aromatic heterocycles. The molecule has 23 heavy (non-hydrogen) atoms. The summed E-state index contributed by atoms with van der Waals surface area (Å²) in [5.74, 6) is 4.25. The molecule has 2 heterocycles. The van der Waals surface area contributed by atoms with E-state index in [1.165, 1.54) is 0 Å². The highest BCUT2D eigenvalue weighted by Crippen LogP contribution is 2.37. The molecule has 0 radical (unpaired) electrons. The molecule has 4 rings (SSSR count). The summed E-state index contributed by atoms with van der Waals surface area (Å²) in [5.41, 5.74) is 3.61. The summed E-state index contributed by atoms with van der Waals surface area (Å²) in [7, 11) is 0. The second-order valence-electron chi connectivity index (χ2n) is 5.38. The minimum atomic E-state index is 0.660. The monoisotopic (exact) mass is 298 g/mol. The summed E-state index contributed by atoms with van der Waals surface area (Å²) < 4.78 is 6.09. The Kier molecular flexibility index (Phi) is 3.03. The molecule has 1 N–H and O–H groups in total. The van der Waals surface area contributed by atoms with Crippen molar-refractivity contribution in [1.29, 1.82) is 0 Å². The van der Waals surface area contributed by atoms with Crippen molar-refractivity contribution in [1.82, 2.24) is 9.97 Å². The number of terminal acetylenes is 1. The van der Waals surface area contributed by atoms with Crippen LogP contribution in [0.5, 0.6) is 11.5 Å². The Hall–Kier alpha value is -3.25. The molecule has 2 aromatic carbocycles. The van der Waals surface area contributed by atoms with Gasteiger partial charge >= 0.3 is 0 Å². The second-order valence-corrected chi connectivity index (χ2v) is 5.38. The predicted octanol–water partition coefficient (Wildman–Crippen LogP) is 4.80. The van der Waals surface area contributed by atoms with Gasteiger partial charge in [-0.3, -0.25) is 0 Å². The maximum atomic E-state index is 6.09. The van der Waals surface area contributed by atoms with Gasteiger partial charge in [-0.1, -0.05) is 24.3 Å². The average molecular weight is 298 g/mol. The van der Waals surface area contributed by atoms with Gasteiger partial charge in [0, 0.05) is 5.39 Å². The first-order chi connectivity index (χ1) is 11.3. The molecular formula is C20H14N2O. The van der Waals surface area contributed by atoms with Crippen LogP contribution in [-0.2, 0) is 0 Å². The van der Waals surface area contributed by atoms with Gasteiger partial charge in [0.25, 0.3) is 0 Å². The highest BCUT2D eigenvalue weighted by atomic mass is 16.5. The fraction of sp³-hybridized carbons (Fsp3) is 0.0500. The molecule has 0 saturated heterocycles. The van der Waals surface area contributed by atoms with Crippen molar-refractivity contribution >= 4 is 21.8 Å². The van der Waals surface area contributed by atoms with E-state index >= 15 is 0 Å². The quantitative estimate of drug-likeness (QED) is 0.540. The fourth-order valence-electron chi connectivity index (χ4n) is 2.91. The van der Waals surface area contributed by atoms with Crippen LogP contribution in [0.3, 0.4) is 0 Å². The number of rotatable bonds is 2. The molecule has 0 spiro atoms. The average Bonchev–Trinajstić information content (AvgIpc) is 2.96. The van der Waals surface area contributed by atoms with Gasteiger partial charge in [-0.2, -0.15) is 0 Å². The first-order valence-corrected chi connectivity index (χ1v) is 7.37. The SMILES string of the molecule is C#Cc1ncc2[nH]c3cccc(Oc4ccccc4)c3c2c1C. The molecule has 3 nitrogen and oxygen atoms in total. The number of nitrogens with zero attached hydrogens (tertiary/aromatic N) is 1. The van der Waals surface area contributed by atoms with E-state index in [4.69, 9.17) is 11.2 Å². The lowest BCUT2D eigenvalue weighted by Gasteiger charge is -2.08. The summed E-state index contributed by atoms with van der Waals surface area (Å²) in [6.45, 7) is 2.00. The normalized spacial score (nSPS) is 10.8. The van der Waals surface area contributed by atoms with Crippen LogP contribution < -0.4 is 4.74 Å². The highest BCUT2D eigenvalue weighted by Gasteiger charge is 2.14. The first kappa shape index (κ1) is 13.4. The zero-order valence-electron chi connectivity index (χ0n) is 12.6. The summed E-state index contributed by atoms with van der Waals surface area (Å²) in [4.78, 5) is 7.71. The van der Waals surface area contributed by atoms with Crippen molar-refractivity contribution in [3.8, 4) is 23.8 Å². The lowest BCUT2D eigenvalue weighted by molar-refractivity contribution is 0.488. The molecule has 0 bridgehead atoms. The predicted molar refractivity (Wildman–Crippen MR) is 92.8 cm³/mol. The van der Waals surface area contributed by atoms with E-state index in [1.807, 2.05) is 55.5 Å². The van der Waals surface area contributed by atoms with Gasteiger partial charge in [-0.05, 0) is 42.7 Å². The number of aromatic amines is 1. The van der Waals surface area contributed by atoms with Gasteiger partial charge in [-0.15, -0.1) is 6.42 Å². The van der Waals surface area contributed by atoms with E-state index in [0.29, 0.717) is 5.69 Å². The molecule has 0 aliphatic rings. The maximum absolute atomic E-state index is 6.09. The number of H-pyrrole nitrogens is 1. The molecule has 0 fully saturated rings. The van der Waals surface area contributed by atoms with Crippen LogP contribution in [0.15, 0.2) is 54.7 Å². The highest BCUT2D eigenvalue weighted by molar-refractivity contribution is 6.12. The minimum absolute atomic E-state index is 0.660. The standard InChI is InChI=1S/C20H14N2O/c1-3-15-13(2)19-17(12-21-15)22-16-10-7-11-18(20(16)19)23-14-8-5-4-6-9-14/h1,4-12,22H,2H3. The van der Waals surface area contributed by atoms with Crippen LogP contribution in [-0.4, -0.2) is 9.97 Å². The molecule has 0 aliphatic heterocycles. The zero-order valence-corrected chi connectivity index (χ0v) is 12.6. The van der Waals surface area contributed by atoms with Gasteiger partial charge in [0.2, 0.25) is 0 Å². The molecule has 110 valence electrons. The lowest BCUT2D eigenvalue weighted by Crippen LogP contribution is -1.89. The number of benzene rings is 2. The van der Waals surface area contributed by atoms with E-state index in [1.54, 1.807) is 6.20 Å². The number of aryl methyl sites for hydroxylation is 1. The third kappa shape index (κ3) is 2.13. The minimum Gasteiger partial charge on any atom is -0.457 e. The van der Waals surface area contributed by atoms with Gasteiger partial charge in [0.05, 0.1) is 22.6 Å². The molecule has 0 amide bonds. The number of para-hydroxylation sites is 1. The number of ether oxygens (including phenoxy) is 1. The van der Waals surface area contributed by atoms with Crippen LogP contribution >= 0.6 is 0 Å². The lowest BCUT2D eigenvalue weighted by atomic mass is 10.1. The Balaban J connectivity index is 2.02. The second kappa shape index (κ2) is 5.19. The van der Waals surface area contributed by atoms with Crippen molar-refractivity contribution in [2.75, 3.05) is 0 Å². The molecule has 0 saturated carbocycles. The van der Waals surface area contributed by atoms with Crippen LogP contribution in [0.25, 0.3) is 21.8 Å². The van der Waals surface area contributed by atoms with E-state index in [-0.39, 0.29) is 0 Å². The number of nitrogens with one attached hydrogen (secondary N) is 1. The van der Waals surface area contributed by atoms with Crippen LogP contribution in [0.1, 0.15) is 11.3 Å². The van der Waals surface area contributed by atoms with Crippen LogP contribution in [0.4, 0.5) is 0 Å². The van der Waals surface area contributed by atoms with E-state index in [0.717, 1.165) is 38.9 Å². The van der Waals surface area contributed by atoms with Gasteiger partial charge in [0.15, 0.2) is 0 Å². The topological polar surface area (TPSA) is 37.9 Å². The van der Waals surface area contributed by atoms with Gasteiger partial charge in [-0.25, -0.2) is 4.98 Å². The Labute approximate surface area is 133 Å². The largest absolute Gasteiger partial charge is 0.457 e. The number of fused-ring (bicyclic) bond motifs is 3. The van der Waals surface area contributed by atoms with E-state index in [2.05, 4.69) is 15.9 Å². The molecule has 0 unspecified atom stereocenters. The molecular weight excluding hydrogens is 284 g/mol. The smallest absolute Gasteiger partial charge is 0.137 e. The van der Waals surface area contributed by atoms with Crippen molar-refractivity contribution < 1.29 is 4.74 Å². The van der Waals surface area contributed by atoms with Gasteiger partial charge < -0.3 is 9.72 Å². The van der Waals surface area contributed by atoms with E-state index in [9.17, 15) is 0 Å². The third-order valence-corrected chi connectivity index (χ3v) is 3.98. The van der Waals surface area contributed by atoms with Crippen LogP contribution in [0, 0.1) is 19.3 Å². The summed E-state index contributed by atoms with van der Waals surface area (Å²) >= 11 is 0. The Morgan fingerprint density at radius 3 is 2.61 bits per heavy atom. The third-order valence-electron chi connectivity index (χ3n) is 3.98. The number of aromatic nitrogens is 2. The van der Waals surface area contributed by atoms with E-state index < -0.39 is 0 Å². The summed E-state index contributed by atoms with van der Waals surface area (Å²) in [5, 5.41) is 2.09.